The summed E-state index contributed by atoms with van der Waals surface area (Å²) in [7, 11) is -51.3. The van der Waals surface area contributed by atoms with E-state index in [1.54, 1.807) is 21.3 Å². The predicted octanol–water partition coefficient (Wildman–Crippen LogP) is 15.0. The Morgan fingerprint density at radius 1 is 0.182 bits per heavy atom. The lowest BCUT2D eigenvalue weighted by Gasteiger charge is -2.45. The summed E-state index contributed by atoms with van der Waals surface area (Å²) in [6.07, 6.45) is 0. The molecule has 0 spiro atoms. The van der Waals surface area contributed by atoms with E-state index in [1.807, 2.05) is 0 Å². The van der Waals surface area contributed by atoms with Gasteiger partial charge in [-0.05, 0) is 268 Å². The van der Waals surface area contributed by atoms with Crippen LogP contribution >= 0.6 is 0 Å². The second kappa shape index (κ2) is 32.1. The van der Waals surface area contributed by atoms with E-state index < -0.39 is 180 Å². The standard InChI is InChI=1S/C45H134O22Si21/c1-46-88(47-2,48-3)45-44-69(6,7)50-71(10,11)52-73(14,15)54-75(18,19)56-77(22,23)58-79(26,27)60-81(30,31)62-83(34,35)64-85(38,39)66-87(42,43)67-86(40,41)65-84(36,37)63-82(32,33)61-80(28,29)59-78(24,25)57-76(20,21)55-74(16,17)53-72(12,13)51-70(8,9)49-68(4)5/h68H,44-45H2,1-43H3. The maximum atomic E-state index is 6.96. The molecule has 0 bridgehead atoms. The predicted molar refractivity (Wildman–Crippen MR) is 408 cm³/mol. The van der Waals surface area contributed by atoms with Crippen LogP contribution in [0.3, 0.4) is 0 Å². The van der Waals surface area contributed by atoms with E-state index >= 15 is 0 Å². The van der Waals surface area contributed by atoms with Crippen molar-refractivity contribution in [2.75, 3.05) is 21.3 Å². The molecule has 0 heterocycles. The van der Waals surface area contributed by atoms with Crippen LogP contribution < -0.4 is 0 Å². The zero-order valence-corrected chi connectivity index (χ0v) is 85.1. The van der Waals surface area contributed by atoms with Crippen molar-refractivity contribution in [3.8, 4) is 0 Å². The minimum atomic E-state index is -2.88. The zero-order chi connectivity index (χ0) is 70.5. The van der Waals surface area contributed by atoms with Gasteiger partial charge in [0, 0.05) is 27.4 Å². The minimum absolute atomic E-state index is 0.672. The Hall–Kier alpha value is 3.67. The van der Waals surface area contributed by atoms with Crippen molar-refractivity contribution in [3.63, 3.8) is 0 Å². The molecule has 43 heteroatoms. The lowest BCUT2D eigenvalue weighted by atomic mass is 10.9. The molecule has 0 atom stereocenters. The fourth-order valence-electron chi connectivity index (χ4n) is 12.7. The van der Waals surface area contributed by atoms with Gasteiger partial charge in [0.2, 0.25) is 0 Å². The van der Waals surface area contributed by atoms with Crippen molar-refractivity contribution in [1.29, 1.82) is 0 Å². The van der Waals surface area contributed by atoms with Gasteiger partial charge in [-0.2, -0.15) is 0 Å². The number of rotatable bonds is 44. The van der Waals surface area contributed by atoms with E-state index in [4.69, 9.17) is 91.5 Å². The molecular weight excluding hydrogens is 1480 g/mol. The van der Waals surface area contributed by atoms with Crippen molar-refractivity contribution in [1.82, 2.24) is 0 Å². The summed E-state index contributed by atoms with van der Waals surface area (Å²) < 4.78 is 147. The van der Waals surface area contributed by atoms with Gasteiger partial charge in [-0.15, -0.1) is 0 Å². The third kappa shape index (κ3) is 40.1. The van der Waals surface area contributed by atoms with Crippen LogP contribution in [-0.4, -0.2) is 202 Å². The summed E-state index contributed by atoms with van der Waals surface area (Å²) in [5.41, 5.74) is 0. The van der Waals surface area contributed by atoms with Crippen LogP contribution in [0.25, 0.3) is 0 Å². The molecule has 0 aliphatic carbocycles. The van der Waals surface area contributed by atoms with Crippen molar-refractivity contribution >= 4 is 180 Å². The van der Waals surface area contributed by atoms with Gasteiger partial charge in [-0.3, -0.25) is 0 Å². The van der Waals surface area contributed by atoms with Gasteiger partial charge in [0.05, 0.1) is 0 Å². The molecule has 88 heavy (non-hydrogen) atoms. The Kier molecular flexibility index (Phi) is 33.5. The van der Waals surface area contributed by atoms with Gasteiger partial charge in [-0.1, -0.05) is 0 Å². The Morgan fingerprint density at radius 3 is 0.432 bits per heavy atom. The van der Waals surface area contributed by atoms with Crippen molar-refractivity contribution in [3.05, 3.63) is 0 Å². The summed E-state index contributed by atoms with van der Waals surface area (Å²) in [6.45, 7) is 83.0. The van der Waals surface area contributed by atoms with Gasteiger partial charge < -0.3 is 91.5 Å². The van der Waals surface area contributed by atoms with Crippen molar-refractivity contribution in [2.45, 2.75) is 274 Å². The molecule has 22 nitrogen and oxygen atoms in total. The van der Waals surface area contributed by atoms with Crippen molar-refractivity contribution < 1.29 is 91.5 Å². The van der Waals surface area contributed by atoms with E-state index in [-0.39, 0.29) is 0 Å². The molecule has 0 aliphatic heterocycles. The highest BCUT2D eigenvalue weighted by Crippen LogP contribution is 2.35. The van der Waals surface area contributed by atoms with Crippen LogP contribution in [0.15, 0.2) is 0 Å². The largest absolute Gasteiger partial charge is 0.499 e. The lowest BCUT2D eigenvalue weighted by Crippen LogP contribution is -2.63. The molecule has 0 rings (SSSR count). The number of hydrogen-bond donors (Lipinski definition) is 0. The molecule has 0 aromatic carbocycles. The molecule has 0 radical (unpaired) electrons. The third-order valence-electron chi connectivity index (χ3n) is 11.4. The normalized spacial score (nSPS) is 16.0. The van der Waals surface area contributed by atoms with Crippen molar-refractivity contribution in [2.24, 2.45) is 0 Å². The van der Waals surface area contributed by atoms with Gasteiger partial charge in [0.1, 0.15) is 0 Å². The van der Waals surface area contributed by atoms with Gasteiger partial charge in [-0.25, -0.2) is 0 Å². The summed E-state index contributed by atoms with van der Waals surface area (Å²) in [5, 5.41) is 0. The molecule has 0 amide bonds. The van der Waals surface area contributed by atoms with E-state index in [9.17, 15) is 0 Å². The maximum absolute atomic E-state index is 6.96. The van der Waals surface area contributed by atoms with E-state index in [0.717, 1.165) is 6.04 Å². The van der Waals surface area contributed by atoms with Crippen LogP contribution in [0.4, 0.5) is 0 Å². The fourth-order valence-corrected chi connectivity index (χ4v) is 118. The quantitative estimate of drug-likeness (QED) is 0.0520. The average molecular weight is 1620 g/mol. The molecule has 0 saturated carbocycles. The van der Waals surface area contributed by atoms with Crippen LogP contribution in [0.2, 0.25) is 274 Å². The van der Waals surface area contributed by atoms with E-state index in [2.05, 4.69) is 262 Å². The topological polar surface area (TPSA) is 203 Å². The molecule has 0 aromatic rings. The first-order chi connectivity index (χ1) is 38.0. The fraction of sp³-hybridized carbons (Fsp3) is 1.00. The summed E-state index contributed by atoms with van der Waals surface area (Å²) in [4.78, 5) is 0. The first-order valence-corrected chi connectivity index (χ1v) is 89.5. The molecule has 530 valence electrons. The second-order valence-electron chi connectivity index (χ2n) is 31.8. The van der Waals surface area contributed by atoms with Crippen LogP contribution in [0.1, 0.15) is 0 Å². The monoisotopic (exact) mass is 1610 g/mol. The Bertz CT molecular complexity index is 2160. The number of hydrogen-bond acceptors (Lipinski definition) is 22. The first kappa shape index (κ1) is 91.7. The molecule has 0 aliphatic rings. The third-order valence-corrected chi connectivity index (χ3v) is 91.2. The molecule has 0 saturated heterocycles. The zero-order valence-electron chi connectivity index (χ0n) is 64.0. The Morgan fingerprint density at radius 2 is 0.307 bits per heavy atom. The van der Waals surface area contributed by atoms with Crippen LogP contribution in [0.5, 0.6) is 0 Å². The average Bonchev–Trinajstić information content (AvgIpc) is 3.08. The highest BCUT2D eigenvalue weighted by atomic mass is 28.6. The Balaban J connectivity index is 5.84. The first-order valence-electron chi connectivity index (χ1n) is 31.0. The lowest BCUT2D eigenvalue weighted by molar-refractivity contribution is 0.124. The molecule has 0 fully saturated rings. The molecule has 0 unspecified atom stereocenters. The van der Waals surface area contributed by atoms with E-state index in [1.165, 1.54) is 0 Å². The van der Waals surface area contributed by atoms with Gasteiger partial charge in [0.15, 0.2) is 17.4 Å². The smallest absolute Gasteiger partial charge is 0.440 e. The Labute approximate surface area is 562 Å². The SMILES string of the molecule is CO[Si](CC[Si](C)(C)O[Si](C)(C)O[Si](C)(C)O[Si](C)(C)O[Si](C)(C)O[Si](C)(C)O[Si](C)(C)O[Si](C)(C)O[Si](C)(C)O[Si](C)(C)O[Si](C)(C)O[Si](C)(C)O[Si](C)(C)O[Si](C)(C)O[Si](C)(C)O[Si](C)(C)O[Si](C)(C)O[Si](C)(C)O[Si](C)(C)O[SiH](C)C)(OC)OC. The highest BCUT2D eigenvalue weighted by Gasteiger charge is 2.55. The molecule has 0 aromatic heterocycles. The summed E-state index contributed by atoms with van der Waals surface area (Å²) >= 11 is 0. The second-order valence-corrected chi connectivity index (χ2v) is 107. The van der Waals surface area contributed by atoms with Gasteiger partial charge >= 0.3 is 163 Å². The van der Waals surface area contributed by atoms with E-state index in [0.29, 0.717) is 6.04 Å². The summed E-state index contributed by atoms with van der Waals surface area (Å²) in [5.74, 6) is 0. The maximum Gasteiger partial charge on any atom is 0.499 e. The van der Waals surface area contributed by atoms with Gasteiger partial charge in [0.25, 0.3) is 0 Å². The molecular formula is C45H134O22Si21. The van der Waals surface area contributed by atoms with Crippen LogP contribution in [0, 0.1) is 0 Å². The highest BCUT2D eigenvalue weighted by molar-refractivity contribution is 6.96. The summed E-state index contributed by atoms with van der Waals surface area (Å²) in [6, 6.07) is 1.48. The molecule has 0 N–H and O–H groups in total. The minimum Gasteiger partial charge on any atom is -0.440 e. The van der Waals surface area contributed by atoms with Crippen LogP contribution in [-0.2, 0) is 91.5 Å².